The highest BCUT2D eigenvalue weighted by Crippen LogP contribution is 2.14. The molecule has 0 N–H and O–H groups in total. The average Bonchev–Trinajstić information content (AvgIpc) is 2.95. The number of hydrogen-bond acceptors (Lipinski definition) is 4. The van der Waals surface area contributed by atoms with E-state index in [4.69, 9.17) is 0 Å². The predicted molar refractivity (Wildman–Crippen MR) is 96.1 cm³/mol. The number of hydrogen-bond donors (Lipinski definition) is 0. The maximum absolute atomic E-state index is 12.9. The number of rotatable bonds is 4. The van der Waals surface area contributed by atoms with Crippen LogP contribution < -0.4 is 0 Å². The van der Waals surface area contributed by atoms with E-state index in [-0.39, 0.29) is 24.1 Å². The molecular weight excluding hydrogens is 349 g/mol. The number of carbonyl (C=O) groups excluding carboxylic acids is 1. The number of thiazole rings is 1. The molecule has 1 aromatic heterocycles. The average molecular weight is 370 g/mol. The molecular formula is C17H21ClFN3OS. The summed E-state index contributed by atoms with van der Waals surface area (Å²) >= 11 is 1.69. The SMILES string of the molecule is Cc1csc(CN2CCN(C(=O)Cc3ccc(F)cc3)CC2)n1.Cl. The van der Waals surface area contributed by atoms with Crippen LogP contribution >= 0.6 is 23.7 Å². The fourth-order valence-corrected chi connectivity index (χ4v) is 3.52. The normalized spacial score (nSPS) is 15.2. The van der Waals surface area contributed by atoms with Gasteiger partial charge in [0.2, 0.25) is 5.91 Å². The summed E-state index contributed by atoms with van der Waals surface area (Å²) in [7, 11) is 0. The molecule has 0 spiro atoms. The van der Waals surface area contributed by atoms with Crippen molar-refractivity contribution in [2.45, 2.75) is 19.9 Å². The van der Waals surface area contributed by atoms with E-state index in [9.17, 15) is 9.18 Å². The fraction of sp³-hybridized carbons (Fsp3) is 0.412. The first-order valence-electron chi connectivity index (χ1n) is 7.76. The van der Waals surface area contributed by atoms with Crippen LogP contribution in [-0.2, 0) is 17.8 Å². The Morgan fingerprint density at radius 3 is 2.46 bits per heavy atom. The van der Waals surface area contributed by atoms with E-state index in [0.29, 0.717) is 6.42 Å². The molecule has 3 rings (SSSR count). The van der Waals surface area contributed by atoms with Gasteiger partial charge < -0.3 is 4.90 Å². The molecule has 0 aliphatic carbocycles. The molecule has 1 saturated heterocycles. The van der Waals surface area contributed by atoms with Gasteiger partial charge in [0.25, 0.3) is 0 Å². The van der Waals surface area contributed by atoms with Gasteiger partial charge in [-0.15, -0.1) is 23.7 Å². The zero-order valence-corrected chi connectivity index (χ0v) is 15.2. The molecule has 24 heavy (non-hydrogen) atoms. The molecule has 2 heterocycles. The van der Waals surface area contributed by atoms with Gasteiger partial charge in [-0.05, 0) is 24.6 Å². The molecule has 4 nitrogen and oxygen atoms in total. The van der Waals surface area contributed by atoms with Crippen LogP contribution in [0, 0.1) is 12.7 Å². The molecule has 7 heteroatoms. The summed E-state index contributed by atoms with van der Waals surface area (Å²) in [5.41, 5.74) is 1.93. The third kappa shape index (κ3) is 5.00. The van der Waals surface area contributed by atoms with Crippen LogP contribution in [0.25, 0.3) is 0 Å². The van der Waals surface area contributed by atoms with E-state index in [1.165, 1.54) is 12.1 Å². The highest BCUT2D eigenvalue weighted by atomic mass is 35.5. The maximum atomic E-state index is 12.9. The van der Waals surface area contributed by atoms with E-state index < -0.39 is 0 Å². The van der Waals surface area contributed by atoms with Gasteiger partial charge in [0, 0.05) is 37.3 Å². The Morgan fingerprint density at radius 1 is 1.21 bits per heavy atom. The first-order valence-corrected chi connectivity index (χ1v) is 8.64. The van der Waals surface area contributed by atoms with Gasteiger partial charge in [-0.25, -0.2) is 9.37 Å². The minimum Gasteiger partial charge on any atom is -0.340 e. The summed E-state index contributed by atoms with van der Waals surface area (Å²) in [4.78, 5) is 21.0. The summed E-state index contributed by atoms with van der Waals surface area (Å²) in [6.45, 7) is 6.08. The summed E-state index contributed by atoms with van der Waals surface area (Å²) in [5.74, 6) is -0.159. The van der Waals surface area contributed by atoms with Crippen molar-refractivity contribution in [2.24, 2.45) is 0 Å². The topological polar surface area (TPSA) is 36.4 Å². The molecule has 0 saturated carbocycles. The fourth-order valence-electron chi connectivity index (χ4n) is 2.71. The molecule has 0 bridgehead atoms. The highest BCUT2D eigenvalue weighted by molar-refractivity contribution is 7.09. The Morgan fingerprint density at radius 2 is 1.88 bits per heavy atom. The Kier molecular flexibility index (Phi) is 6.71. The second-order valence-corrected chi connectivity index (χ2v) is 6.79. The third-order valence-electron chi connectivity index (χ3n) is 4.02. The Bertz CT molecular complexity index is 669. The van der Waals surface area contributed by atoms with Gasteiger partial charge in [-0.2, -0.15) is 0 Å². The van der Waals surface area contributed by atoms with Crippen molar-refractivity contribution >= 4 is 29.7 Å². The van der Waals surface area contributed by atoms with Crippen molar-refractivity contribution in [3.8, 4) is 0 Å². The zero-order chi connectivity index (χ0) is 16.2. The number of benzene rings is 1. The van der Waals surface area contributed by atoms with E-state index >= 15 is 0 Å². The van der Waals surface area contributed by atoms with Crippen LogP contribution in [-0.4, -0.2) is 46.9 Å². The molecule has 0 atom stereocenters. The lowest BCUT2D eigenvalue weighted by Gasteiger charge is -2.34. The molecule has 1 aliphatic rings. The first kappa shape index (κ1) is 18.8. The first-order chi connectivity index (χ1) is 11.1. The smallest absolute Gasteiger partial charge is 0.227 e. The lowest BCUT2D eigenvalue weighted by atomic mass is 10.1. The molecule has 1 aliphatic heterocycles. The van der Waals surface area contributed by atoms with Crippen molar-refractivity contribution in [2.75, 3.05) is 26.2 Å². The van der Waals surface area contributed by atoms with Gasteiger partial charge in [0.1, 0.15) is 10.8 Å². The van der Waals surface area contributed by atoms with Crippen molar-refractivity contribution in [1.29, 1.82) is 0 Å². The quantitative estimate of drug-likeness (QED) is 0.831. The Balaban J connectivity index is 0.00000208. The van der Waals surface area contributed by atoms with Crippen LogP contribution in [0.3, 0.4) is 0 Å². The second-order valence-electron chi connectivity index (χ2n) is 5.84. The van der Waals surface area contributed by atoms with Gasteiger partial charge in [-0.1, -0.05) is 12.1 Å². The van der Waals surface area contributed by atoms with Gasteiger partial charge in [0.05, 0.1) is 13.0 Å². The van der Waals surface area contributed by atoms with E-state index in [2.05, 4.69) is 15.3 Å². The molecule has 1 amide bonds. The van der Waals surface area contributed by atoms with Gasteiger partial charge in [0.15, 0.2) is 0 Å². The van der Waals surface area contributed by atoms with Crippen LogP contribution in [0.15, 0.2) is 29.6 Å². The summed E-state index contributed by atoms with van der Waals surface area (Å²) in [5, 5.41) is 3.20. The zero-order valence-electron chi connectivity index (χ0n) is 13.6. The maximum Gasteiger partial charge on any atom is 0.227 e. The molecule has 0 radical (unpaired) electrons. The standard InChI is InChI=1S/C17H20FN3OS.ClH/c1-13-12-23-16(19-13)11-20-6-8-21(9-7-20)17(22)10-14-2-4-15(18)5-3-14;/h2-5,12H,6-11H2,1H3;1H. The Hall–Kier alpha value is -1.50. The summed E-state index contributed by atoms with van der Waals surface area (Å²) < 4.78 is 12.9. The number of amides is 1. The number of piperazine rings is 1. The molecule has 1 fully saturated rings. The highest BCUT2D eigenvalue weighted by Gasteiger charge is 2.21. The summed E-state index contributed by atoms with van der Waals surface area (Å²) in [6.07, 6.45) is 0.339. The predicted octanol–water partition coefficient (Wildman–Crippen LogP) is 2.90. The lowest BCUT2D eigenvalue weighted by Crippen LogP contribution is -2.48. The summed E-state index contributed by atoms with van der Waals surface area (Å²) in [6, 6.07) is 6.15. The number of aromatic nitrogens is 1. The minimum absolute atomic E-state index is 0. The van der Waals surface area contributed by atoms with E-state index in [1.807, 2.05) is 11.8 Å². The van der Waals surface area contributed by atoms with Crippen LogP contribution in [0.1, 0.15) is 16.3 Å². The monoisotopic (exact) mass is 369 g/mol. The number of carbonyl (C=O) groups is 1. The van der Waals surface area contributed by atoms with Crippen molar-refractivity contribution < 1.29 is 9.18 Å². The van der Waals surface area contributed by atoms with Crippen molar-refractivity contribution in [3.63, 3.8) is 0 Å². The molecule has 2 aromatic rings. The molecule has 1 aromatic carbocycles. The molecule has 130 valence electrons. The lowest BCUT2D eigenvalue weighted by molar-refractivity contribution is -0.132. The van der Waals surface area contributed by atoms with E-state index in [1.54, 1.807) is 23.5 Å². The van der Waals surface area contributed by atoms with Gasteiger partial charge >= 0.3 is 0 Å². The van der Waals surface area contributed by atoms with Crippen LogP contribution in [0.2, 0.25) is 0 Å². The van der Waals surface area contributed by atoms with Gasteiger partial charge in [-0.3, -0.25) is 9.69 Å². The van der Waals surface area contributed by atoms with E-state index in [0.717, 1.165) is 49.0 Å². The largest absolute Gasteiger partial charge is 0.340 e. The van der Waals surface area contributed by atoms with Crippen LogP contribution in [0.4, 0.5) is 4.39 Å². The number of nitrogens with zero attached hydrogens (tertiary/aromatic N) is 3. The number of aryl methyl sites for hydroxylation is 1. The second kappa shape index (κ2) is 8.55. The minimum atomic E-state index is -0.271. The third-order valence-corrected chi connectivity index (χ3v) is 4.97. The number of halogens is 2. The van der Waals surface area contributed by atoms with Crippen molar-refractivity contribution in [1.82, 2.24) is 14.8 Å². The van der Waals surface area contributed by atoms with Crippen molar-refractivity contribution in [3.05, 3.63) is 51.7 Å². The Labute approximate surface area is 151 Å². The molecule has 0 unspecified atom stereocenters. The van der Waals surface area contributed by atoms with Crippen LogP contribution in [0.5, 0.6) is 0 Å².